The minimum atomic E-state index is -0.997. The van der Waals surface area contributed by atoms with Crippen molar-refractivity contribution in [1.82, 2.24) is 20.3 Å². The largest absolute Gasteiger partial charge is 1.00 e. The molecule has 8 rings (SSSR count). The van der Waals surface area contributed by atoms with E-state index in [2.05, 4.69) is 234 Å². The van der Waals surface area contributed by atoms with E-state index in [0.717, 1.165) is 151 Å². The number of ether oxygens (including phenoxy) is 1. The van der Waals surface area contributed by atoms with Crippen molar-refractivity contribution in [2.24, 2.45) is 59.2 Å². The fraction of sp³-hybridized carbons (Fsp3) is 0.553. The number of carbonyl (C=O) groups is 6. The number of nitrogens with zero attached hydrogens (tertiary/aromatic N) is 9. The van der Waals surface area contributed by atoms with Gasteiger partial charge in [-0.25, -0.2) is 15.0 Å². The number of rotatable bonds is 41. The van der Waals surface area contributed by atoms with Crippen molar-refractivity contribution in [1.29, 1.82) is 0 Å². The van der Waals surface area contributed by atoms with Crippen LogP contribution in [0.2, 0.25) is 15.1 Å². The van der Waals surface area contributed by atoms with Crippen molar-refractivity contribution in [3.05, 3.63) is 220 Å². The van der Waals surface area contributed by atoms with Crippen LogP contribution in [0.4, 0.5) is 67.2 Å². The van der Waals surface area contributed by atoms with Crippen molar-refractivity contribution >= 4 is 149 Å². The van der Waals surface area contributed by atoms with Gasteiger partial charge in [-0.15, -0.1) is 0 Å². The molecule has 0 bridgehead atoms. The number of Topliss-reactive ketones (excluding diaryl/α,β-unsaturated/α-hetero) is 4. The number of pyridine rings is 3. The predicted octanol–water partition coefficient (Wildman–Crippen LogP) is 26.3. The first-order chi connectivity index (χ1) is 66.0. The maximum Gasteiger partial charge on any atom is 1.00 e. The number of hydrogen-bond acceptors (Lipinski definition) is 23. The molecule has 0 saturated carbocycles. The summed E-state index contributed by atoms with van der Waals surface area (Å²) in [6.45, 7) is 81.4. The first kappa shape index (κ1) is 141. The Labute approximate surface area is 920 Å². The van der Waals surface area contributed by atoms with Gasteiger partial charge in [0.2, 0.25) is 5.82 Å². The van der Waals surface area contributed by atoms with Crippen LogP contribution in [-0.4, -0.2) is 143 Å². The zero-order chi connectivity index (χ0) is 110. The maximum absolute atomic E-state index is 13.1. The van der Waals surface area contributed by atoms with Crippen molar-refractivity contribution in [3.8, 4) is 0 Å². The van der Waals surface area contributed by atoms with Gasteiger partial charge >= 0.3 is 47.2 Å². The Kier molecular flexibility index (Phi) is 64.7. The Bertz CT molecular complexity index is 5100. The molecule has 0 spiro atoms. The molecule has 0 saturated heterocycles. The van der Waals surface area contributed by atoms with Gasteiger partial charge in [0, 0.05) is 112 Å². The third kappa shape index (κ3) is 50.4. The monoisotopic (exact) mass is 2160 g/mol. The molecule has 3 heterocycles. The van der Waals surface area contributed by atoms with Crippen molar-refractivity contribution in [2.45, 2.75) is 284 Å². The zero-order valence-electron chi connectivity index (χ0n) is 93.8. The number of nitrogen functional groups attached to an aromatic ring is 1. The Morgan fingerprint density at radius 1 is 0.411 bits per heavy atom. The number of aliphatic carboxylic acids is 1. The van der Waals surface area contributed by atoms with Crippen LogP contribution < -0.4 is 70.8 Å². The summed E-state index contributed by atoms with van der Waals surface area (Å²) in [6.07, 6.45) is 4.81. The van der Waals surface area contributed by atoms with Crippen LogP contribution in [0.3, 0.4) is 0 Å². The molecule has 5 aromatic carbocycles. The minimum absolute atomic E-state index is 0. The third-order valence-electron chi connectivity index (χ3n) is 23.2. The third-order valence-corrected chi connectivity index (χ3v) is 24.3. The Morgan fingerprint density at radius 2 is 0.678 bits per heavy atom. The first-order valence-electron chi connectivity index (χ1n) is 49.6. The Hall–Kier alpha value is -9.23. The number of aromatic nitrogens is 3. The average Bonchev–Trinajstić information content (AvgIpc) is 0.802. The molecule has 810 valence electrons. The van der Waals surface area contributed by atoms with Crippen LogP contribution in [-0.2, 0) is 60.6 Å². The van der Waals surface area contributed by atoms with Crippen LogP contribution in [0, 0.1) is 85.2 Å². The van der Waals surface area contributed by atoms with Gasteiger partial charge in [-0.1, -0.05) is 211 Å². The van der Waals surface area contributed by atoms with Crippen LogP contribution in [0.25, 0.3) is 0 Å². The van der Waals surface area contributed by atoms with Gasteiger partial charge in [0.25, 0.3) is 5.69 Å². The molecule has 0 fully saturated rings. The summed E-state index contributed by atoms with van der Waals surface area (Å²) in [5.41, 5.74) is 12.4. The van der Waals surface area contributed by atoms with Crippen LogP contribution >= 0.6 is 50.7 Å². The molecular formula is C114H175BrCl3FN13NaO13. The summed E-state index contributed by atoms with van der Waals surface area (Å²) in [6, 6.07) is 37.8. The number of nitro groups is 2. The number of carboxylic acid groups (broad SMARTS) is 1. The summed E-state index contributed by atoms with van der Waals surface area (Å²) in [5.74, 6) is 5.13. The number of ketones is 4. The van der Waals surface area contributed by atoms with E-state index >= 15 is 0 Å². The smallest absolute Gasteiger partial charge is 0.870 e. The van der Waals surface area contributed by atoms with Crippen LogP contribution in [0.5, 0.6) is 0 Å². The van der Waals surface area contributed by atoms with Crippen molar-refractivity contribution in [2.75, 3.05) is 108 Å². The first-order valence-corrected chi connectivity index (χ1v) is 51.5. The molecule has 0 atom stereocenters. The molecule has 3 aromatic heterocycles. The zero-order valence-corrected chi connectivity index (χ0v) is 99.6. The summed E-state index contributed by atoms with van der Waals surface area (Å²) in [5, 5.41) is 43.9. The maximum atomic E-state index is 13.1. The normalized spacial score (nSPS) is 11.2. The van der Waals surface area contributed by atoms with E-state index in [-0.39, 0.29) is 82.2 Å². The number of esters is 1. The van der Waals surface area contributed by atoms with Gasteiger partial charge in [-0.2, -0.15) is 4.39 Å². The van der Waals surface area contributed by atoms with E-state index < -0.39 is 49.5 Å². The number of hydrogen-bond donors (Lipinski definition) is 5. The fourth-order valence-electron chi connectivity index (χ4n) is 14.1. The molecule has 0 amide bonds. The number of anilines is 9. The van der Waals surface area contributed by atoms with E-state index in [9.17, 15) is 58.5 Å². The van der Waals surface area contributed by atoms with E-state index in [1.54, 1.807) is 111 Å². The summed E-state index contributed by atoms with van der Waals surface area (Å²) >= 11 is 20.7. The van der Waals surface area contributed by atoms with E-state index in [0.29, 0.717) is 91.7 Å². The van der Waals surface area contributed by atoms with Crippen molar-refractivity contribution in [3.63, 3.8) is 0 Å². The molecule has 32 heteroatoms. The molecule has 7 N–H and O–H groups in total. The number of nitrogens with two attached hydrogens (primary N) is 1. The summed E-state index contributed by atoms with van der Waals surface area (Å²) in [4.78, 5) is 112. The standard InChI is InChI=1S/C24H34ClN3O.C23H32ClN3O2.C19H30N2O3.C19H32N2O.C11H12FNO3.C8H19N.C5H3BrClN.C4H8O2.CH4.Na.H2O/c1-16(2)14-28(15-17(3)4)22-10-8-19(24(6,7)18(5)29)12-21(22)27-23-11-9-20(25)13-26-23;1-15(2)13-27(14-16(3)4)20-9-7-17(23(5,6)22(28)29)11-19(20)26-21-10-8-18(24)12-25-21;1-13(2)11-20(12-14(3)4)17-9-8-16(10-18(17)21(23)24)19(6,7)15(5)22;1-13(2)11-21(12-14(3)4)18-9-8-16(10-17(18)20)19(6,7)15(5)22;1-7(14)11(2,3)8-4-5-9(12)10(6-8)13(15)16;1-7(2)5-9-6-8(3)4;6-5-2-1-4(7)3-8-5;1-3-6-4(2)5;;;/h8-13,16-17H,14-15H2,1-7H3,(H,26,27);7-12,15-16H,13-14H2,1-6H3,(H,25,26)(H,28,29);8-10,13-14H,11-12H2,1-7H3;8-10,13-14H,11-12,20H2,1-7H3;4-6H,1-3H3;7-9H,5-6H2,1-4H3;1-3H;3H2,1-2H3;1H4;;1H2/q;;;;;;;;;+1;/p-1. The second kappa shape index (κ2) is 67.1. The SMILES string of the molecule is C.CC(=O)C(C)(C)c1ccc(F)c([N+](=O)[O-])c1.CC(=O)C(C)(C)c1ccc(N(CC(C)C)CC(C)C)c(N)c1.CC(=O)C(C)(C)c1ccc(N(CC(C)C)CC(C)C)c(Nc2ccc(Cl)cn2)c1.CC(=O)C(C)(C)c1ccc(N(CC(C)C)CC(C)C)c([N+](=O)[O-])c1.CC(C)CN(CC(C)C)c1ccc(C(C)(C)C(=O)O)cc1Nc1ccc(Cl)cn1.CC(C)CNCC(C)C.CCOC(C)=O.Clc1ccc(Br)nc1.[Na+].[OH-]. The molecule has 146 heavy (non-hydrogen) atoms. The molecule has 0 aliphatic rings. The number of halogens is 5. The van der Waals surface area contributed by atoms with E-state index in [1.165, 1.54) is 26.8 Å². The Morgan fingerprint density at radius 3 is 0.925 bits per heavy atom. The molecule has 26 nitrogen and oxygen atoms in total. The second-order valence-corrected chi connectivity index (χ2v) is 45.3. The number of benzene rings is 5. The number of carboxylic acids is 1. The summed E-state index contributed by atoms with van der Waals surface area (Å²) < 4.78 is 18.3. The second-order valence-electron chi connectivity index (χ2n) is 43.2. The van der Waals surface area contributed by atoms with Gasteiger partial charge in [0.05, 0.1) is 71.1 Å². The molecule has 0 unspecified atom stereocenters. The van der Waals surface area contributed by atoms with Crippen LogP contribution in [0.15, 0.2) is 151 Å². The topological polar surface area (TPSA) is 362 Å². The predicted molar refractivity (Wildman–Crippen MR) is 608 cm³/mol. The molecule has 8 aromatic rings. The fourth-order valence-corrected chi connectivity index (χ4v) is 14.7. The quantitative estimate of drug-likeness (QED) is 0.00593. The van der Waals surface area contributed by atoms with Gasteiger partial charge < -0.3 is 56.6 Å². The van der Waals surface area contributed by atoms with Crippen molar-refractivity contribution < 1.29 is 87.9 Å². The number of carbonyl (C=O) groups excluding carboxylic acids is 5. The molecular weight excluding hydrogens is 1990 g/mol. The molecule has 0 radical (unpaired) electrons. The number of nitro benzene ring substituents is 2. The van der Waals surface area contributed by atoms with Gasteiger partial charge in [0.1, 0.15) is 45.1 Å². The van der Waals surface area contributed by atoms with Gasteiger partial charge in [-0.05, 0) is 305 Å². The van der Waals surface area contributed by atoms with E-state index in [4.69, 9.17) is 40.5 Å². The Balaban J connectivity index is -0.00000166. The minimum Gasteiger partial charge on any atom is -0.870 e. The van der Waals surface area contributed by atoms with Gasteiger partial charge in [-0.3, -0.25) is 49.0 Å². The summed E-state index contributed by atoms with van der Waals surface area (Å²) in [7, 11) is 0. The average molecular weight is 2160 g/mol. The van der Waals surface area contributed by atoms with Crippen LogP contribution in [0.1, 0.15) is 284 Å². The van der Waals surface area contributed by atoms with E-state index in [1.807, 2.05) is 82.3 Å². The number of nitrogens with one attached hydrogen (secondary N) is 3. The molecule has 0 aliphatic heterocycles. The van der Waals surface area contributed by atoms with Gasteiger partial charge in [0.15, 0.2) is 0 Å². The molecule has 0 aliphatic carbocycles.